The number of unbranched alkanes of at least 4 members (excludes halogenated alkanes) is 34. The van der Waals surface area contributed by atoms with Crippen LogP contribution in [-0.2, 0) is 4.79 Å². The van der Waals surface area contributed by atoms with Crippen molar-refractivity contribution in [3.63, 3.8) is 0 Å². The summed E-state index contributed by atoms with van der Waals surface area (Å²) >= 11 is 0. The molecule has 0 radical (unpaired) electrons. The van der Waals surface area contributed by atoms with Crippen molar-refractivity contribution >= 4 is 5.91 Å². The molecule has 0 rings (SSSR count). The highest BCUT2D eigenvalue weighted by atomic mass is 16.3. The van der Waals surface area contributed by atoms with Crippen LogP contribution in [0.3, 0.4) is 0 Å². The monoisotopic (exact) mass is 852 g/mol. The van der Waals surface area contributed by atoms with Crippen LogP contribution in [0.25, 0.3) is 0 Å². The van der Waals surface area contributed by atoms with Crippen molar-refractivity contribution < 1.29 is 15.0 Å². The molecule has 0 spiro atoms. The van der Waals surface area contributed by atoms with E-state index >= 15 is 0 Å². The zero-order valence-corrected chi connectivity index (χ0v) is 40.9. The number of nitrogens with one attached hydrogen (secondary N) is 1. The fourth-order valence-corrected chi connectivity index (χ4v) is 8.17. The first-order valence-electron chi connectivity index (χ1n) is 27.0. The van der Waals surface area contributed by atoms with Crippen LogP contribution in [0.15, 0.2) is 60.8 Å². The zero-order valence-electron chi connectivity index (χ0n) is 40.9. The highest BCUT2D eigenvalue weighted by Crippen LogP contribution is 2.17. The Hall–Kier alpha value is -1.91. The van der Waals surface area contributed by atoms with Gasteiger partial charge in [-0.25, -0.2) is 0 Å². The summed E-state index contributed by atoms with van der Waals surface area (Å²) in [7, 11) is 0. The molecule has 0 aliphatic rings. The van der Waals surface area contributed by atoms with E-state index < -0.39 is 12.1 Å². The van der Waals surface area contributed by atoms with Gasteiger partial charge in [0, 0.05) is 6.42 Å². The zero-order chi connectivity index (χ0) is 44.2. The molecule has 0 aromatic rings. The molecule has 0 heterocycles. The van der Waals surface area contributed by atoms with Gasteiger partial charge in [-0.15, -0.1) is 0 Å². The van der Waals surface area contributed by atoms with Crippen molar-refractivity contribution in [3.05, 3.63) is 60.8 Å². The van der Waals surface area contributed by atoms with Crippen LogP contribution in [0.4, 0.5) is 0 Å². The summed E-state index contributed by atoms with van der Waals surface area (Å²) in [5.41, 5.74) is 0. The average Bonchev–Trinajstić information content (AvgIpc) is 3.26. The molecule has 3 N–H and O–H groups in total. The largest absolute Gasteiger partial charge is 0.394 e. The number of hydrogen-bond donors (Lipinski definition) is 3. The lowest BCUT2D eigenvalue weighted by Gasteiger charge is -2.20. The maximum atomic E-state index is 12.5. The first-order chi connectivity index (χ1) is 30.2. The van der Waals surface area contributed by atoms with Crippen LogP contribution in [0, 0.1) is 0 Å². The minimum absolute atomic E-state index is 0.0616. The van der Waals surface area contributed by atoms with Crippen molar-refractivity contribution in [2.45, 2.75) is 289 Å². The van der Waals surface area contributed by atoms with Gasteiger partial charge in [0.05, 0.1) is 18.8 Å². The lowest BCUT2D eigenvalue weighted by atomic mass is 10.0. The van der Waals surface area contributed by atoms with Crippen molar-refractivity contribution in [1.82, 2.24) is 5.32 Å². The van der Waals surface area contributed by atoms with Gasteiger partial charge in [0.25, 0.3) is 0 Å². The summed E-state index contributed by atoms with van der Waals surface area (Å²) in [6.45, 7) is 4.22. The van der Waals surface area contributed by atoms with E-state index in [-0.39, 0.29) is 12.5 Å². The quantitative estimate of drug-likeness (QED) is 0.0422. The second kappa shape index (κ2) is 52.4. The molecule has 4 heteroatoms. The molecule has 2 atom stereocenters. The normalized spacial score (nSPS) is 13.3. The maximum absolute atomic E-state index is 12.5. The number of carbonyl (C=O) groups is 1. The SMILES string of the molecule is CC/C=C\C/C=C\C/C=C\C/C=C\CCCCCCCCCCCCCCCCCCCCC(=O)NC(CO)C(O)/C=C/CCCCCCCCCCCCCCCCCC. The van der Waals surface area contributed by atoms with E-state index in [1.165, 1.54) is 205 Å². The number of carbonyl (C=O) groups excluding carboxylic acids is 1. The van der Waals surface area contributed by atoms with Gasteiger partial charge in [-0.05, 0) is 57.8 Å². The van der Waals surface area contributed by atoms with E-state index in [0.717, 1.165) is 51.4 Å². The Kier molecular flexibility index (Phi) is 50.8. The highest BCUT2D eigenvalue weighted by Gasteiger charge is 2.18. The topological polar surface area (TPSA) is 69.6 Å². The second-order valence-corrected chi connectivity index (χ2v) is 18.3. The van der Waals surface area contributed by atoms with Crippen LogP contribution in [0.1, 0.15) is 277 Å². The number of hydrogen-bond acceptors (Lipinski definition) is 3. The highest BCUT2D eigenvalue weighted by molar-refractivity contribution is 5.76. The number of amides is 1. The Morgan fingerprint density at radius 1 is 0.410 bits per heavy atom. The molecule has 0 saturated heterocycles. The summed E-state index contributed by atoms with van der Waals surface area (Å²) in [6, 6.07) is -0.623. The van der Waals surface area contributed by atoms with Crippen molar-refractivity contribution in [2.75, 3.05) is 6.61 Å². The smallest absolute Gasteiger partial charge is 0.220 e. The molecule has 0 aliphatic carbocycles. The molecule has 61 heavy (non-hydrogen) atoms. The molecule has 4 nitrogen and oxygen atoms in total. The summed E-state index contributed by atoms with van der Waals surface area (Å²) in [5, 5.41) is 23.1. The molecule has 0 saturated carbocycles. The van der Waals surface area contributed by atoms with Gasteiger partial charge < -0.3 is 15.5 Å². The Balaban J connectivity index is 3.48. The summed E-state index contributed by atoms with van der Waals surface area (Å²) in [6.07, 6.45) is 73.7. The lowest BCUT2D eigenvalue weighted by molar-refractivity contribution is -0.123. The number of aliphatic hydroxyl groups excluding tert-OH is 2. The number of aliphatic hydroxyl groups is 2. The number of rotatable bonds is 49. The van der Waals surface area contributed by atoms with Crippen LogP contribution in [0.2, 0.25) is 0 Å². The summed E-state index contributed by atoms with van der Waals surface area (Å²) in [4.78, 5) is 12.5. The molecule has 0 fully saturated rings. The van der Waals surface area contributed by atoms with Gasteiger partial charge in [0.15, 0.2) is 0 Å². The molecule has 0 aromatic carbocycles. The van der Waals surface area contributed by atoms with Gasteiger partial charge in [-0.2, -0.15) is 0 Å². The third-order valence-electron chi connectivity index (χ3n) is 12.3. The van der Waals surface area contributed by atoms with Crippen LogP contribution < -0.4 is 5.32 Å². The average molecular weight is 852 g/mol. The van der Waals surface area contributed by atoms with E-state index in [1.54, 1.807) is 6.08 Å². The fourth-order valence-electron chi connectivity index (χ4n) is 8.17. The van der Waals surface area contributed by atoms with Crippen molar-refractivity contribution in [3.8, 4) is 0 Å². The molecule has 0 aliphatic heterocycles. The molecular weight excluding hydrogens is 747 g/mol. The van der Waals surface area contributed by atoms with E-state index in [1.807, 2.05) is 6.08 Å². The molecule has 2 unspecified atom stereocenters. The molecule has 0 aromatic heterocycles. The maximum Gasteiger partial charge on any atom is 0.220 e. The van der Waals surface area contributed by atoms with Crippen LogP contribution >= 0.6 is 0 Å². The Bertz CT molecular complexity index is 1010. The van der Waals surface area contributed by atoms with Gasteiger partial charge in [-0.1, -0.05) is 274 Å². The van der Waals surface area contributed by atoms with Crippen molar-refractivity contribution in [1.29, 1.82) is 0 Å². The summed E-state index contributed by atoms with van der Waals surface area (Å²) in [5.74, 6) is -0.0616. The summed E-state index contributed by atoms with van der Waals surface area (Å²) < 4.78 is 0. The Labute approximate surface area is 381 Å². The van der Waals surface area contributed by atoms with Gasteiger partial charge in [-0.3, -0.25) is 4.79 Å². The fraction of sp³-hybridized carbons (Fsp3) is 0.807. The van der Waals surface area contributed by atoms with E-state index in [9.17, 15) is 15.0 Å². The standard InChI is InChI=1S/C57H105NO3/c1-3-5-7-9-11-13-15-17-19-21-23-24-25-26-27-28-29-30-31-32-33-34-35-37-39-41-43-45-47-49-51-53-57(61)58-55(54-59)56(60)52-50-48-46-44-42-40-38-36-22-20-18-16-14-12-10-8-6-4-2/h5,7,11,13,17,19,23-24,50,52,55-56,59-60H,3-4,6,8-10,12,14-16,18,20-22,25-49,51,53-54H2,1-2H3,(H,58,61)/b7-5-,13-11-,19-17-,24-23-,52-50+. The Morgan fingerprint density at radius 3 is 1.08 bits per heavy atom. The molecule has 0 bridgehead atoms. The van der Waals surface area contributed by atoms with Crippen LogP contribution in [0.5, 0.6) is 0 Å². The first kappa shape index (κ1) is 59.1. The molecular formula is C57H105NO3. The van der Waals surface area contributed by atoms with Crippen molar-refractivity contribution in [2.24, 2.45) is 0 Å². The predicted octanol–water partition coefficient (Wildman–Crippen LogP) is 17.6. The second-order valence-electron chi connectivity index (χ2n) is 18.3. The van der Waals surface area contributed by atoms with E-state index in [4.69, 9.17) is 0 Å². The van der Waals surface area contributed by atoms with Crippen LogP contribution in [-0.4, -0.2) is 34.9 Å². The number of allylic oxidation sites excluding steroid dienone is 9. The lowest BCUT2D eigenvalue weighted by Crippen LogP contribution is -2.45. The van der Waals surface area contributed by atoms with E-state index in [0.29, 0.717) is 6.42 Å². The van der Waals surface area contributed by atoms with Gasteiger partial charge in [0.1, 0.15) is 0 Å². The third kappa shape index (κ3) is 49.0. The molecule has 1 amide bonds. The predicted molar refractivity (Wildman–Crippen MR) is 271 cm³/mol. The van der Waals surface area contributed by atoms with Gasteiger partial charge >= 0.3 is 0 Å². The Morgan fingerprint density at radius 2 is 0.721 bits per heavy atom. The van der Waals surface area contributed by atoms with E-state index in [2.05, 4.69) is 67.8 Å². The first-order valence-corrected chi connectivity index (χ1v) is 27.0. The minimum Gasteiger partial charge on any atom is -0.394 e. The third-order valence-corrected chi connectivity index (χ3v) is 12.3. The molecule has 356 valence electrons. The van der Waals surface area contributed by atoms with Gasteiger partial charge in [0.2, 0.25) is 5.91 Å². The minimum atomic E-state index is -0.840.